The average molecular weight is 379 g/mol. The Morgan fingerprint density at radius 3 is 2.30 bits per heavy atom. The molecule has 0 bridgehead atoms. The van der Waals surface area contributed by atoms with E-state index < -0.39 is 0 Å². The SMILES string of the molecule is Nn1cc(-c2ccccc2)nc1SC(C(=O)N1CCCC1)c1ccccc1. The maximum atomic E-state index is 13.2. The van der Waals surface area contributed by atoms with Crippen LogP contribution in [0.2, 0.25) is 0 Å². The van der Waals surface area contributed by atoms with Crippen LogP contribution in [0, 0.1) is 0 Å². The summed E-state index contributed by atoms with van der Waals surface area (Å²) in [6, 6.07) is 19.8. The lowest BCUT2D eigenvalue weighted by molar-refractivity contribution is -0.129. The van der Waals surface area contributed by atoms with Crippen LogP contribution in [0.3, 0.4) is 0 Å². The number of hydrogen-bond acceptors (Lipinski definition) is 4. The van der Waals surface area contributed by atoms with Crippen molar-refractivity contribution in [3.8, 4) is 11.3 Å². The first kappa shape index (κ1) is 17.7. The monoisotopic (exact) mass is 378 g/mol. The number of rotatable bonds is 5. The minimum atomic E-state index is -0.349. The summed E-state index contributed by atoms with van der Waals surface area (Å²) in [5, 5.41) is 0.285. The molecule has 27 heavy (non-hydrogen) atoms. The van der Waals surface area contributed by atoms with E-state index in [-0.39, 0.29) is 11.2 Å². The normalized spacial score (nSPS) is 15.0. The minimum Gasteiger partial charge on any atom is -0.341 e. The van der Waals surface area contributed by atoms with Crippen LogP contribution in [-0.2, 0) is 4.79 Å². The van der Waals surface area contributed by atoms with Crippen molar-refractivity contribution in [1.82, 2.24) is 14.6 Å². The van der Waals surface area contributed by atoms with E-state index in [1.54, 1.807) is 6.20 Å². The molecule has 6 heteroatoms. The van der Waals surface area contributed by atoms with Crippen molar-refractivity contribution >= 4 is 17.7 Å². The molecule has 1 aliphatic heterocycles. The molecule has 138 valence electrons. The van der Waals surface area contributed by atoms with Gasteiger partial charge in [-0.15, -0.1) is 0 Å². The Morgan fingerprint density at radius 2 is 1.63 bits per heavy atom. The zero-order valence-electron chi connectivity index (χ0n) is 15.0. The number of nitrogen functional groups attached to an aromatic ring is 1. The second kappa shape index (κ2) is 7.88. The van der Waals surface area contributed by atoms with E-state index in [2.05, 4.69) is 4.98 Å². The molecule has 0 spiro atoms. The first-order chi connectivity index (χ1) is 13.2. The Hall–Kier alpha value is -2.73. The summed E-state index contributed by atoms with van der Waals surface area (Å²) >= 11 is 1.41. The van der Waals surface area contributed by atoms with Crippen molar-refractivity contribution in [2.24, 2.45) is 0 Å². The summed E-state index contributed by atoms with van der Waals surface area (Å²) in [6.07, 6.45) is 3.95. The van der Waals surface area contributed by atoms with Crippen LogP contribution in [0.1, 0.15) is 23.7 Å². The highest BCUT2D eigenvalue weighted by molar-refractivity contribution is 8.00. The number of benzene rings is 2. The summed E-state index contributed by atoms with van der Waals surface area (Å²) in [7, 11) is 0. The van der Waals surface area contributed by atoms with Crippen molar-refractivity contribution in [3.05, 3.63) is 72.4 Å². The summed E-state index contributed by atoms with van der Waals surface area (Å²) in [5.41, 5.74) is 2.79. The Kier molecular flexibility index (Phi) is 5.16. The van der Waals surface area contributed by atoms with Crippen LogP contribution in [0.5, 0.6) is 0 Å². The topological polar surface area (TPSA) is 64.2 Å². The summed E-state index contributed by atoms with van der Waals surface area (Å²) in [6.45, 7) is 1.66. The van der Waals surface area contributed by atoms with Crippen molar-refractivity contribution in [1.29, 1.82) is 0 Å². The van der Waals surface area contributed by atoms with E-state index in [0.29, 0.717) is 5.16 Å². The third-order valence-electron chi connectivity index (χ3n) is 4.74. The molecule has 0 aliphatic carbocycles. The molecule has 1 aromatic heterocycles. The molecule has 1 amide bonds. The highest BCUT2D eigenvalue weighted by Gasteiger charge is 2.30. The van der Waals surface area contributed by atoms with E-state index in [1.165, 1.54) is 16.4 Å². The van der Waals surface area contributed by atoms with Crippen LogP contribution in [0.25, 0.3) is 11.3 Å². The van der Waals surface area contributed by atoms with Gasteiger partial charge in [0.05, 0.1) is 11.9 Å². The molecule has 2 aromatic carbocycles. The minimum absolute atomic E-state index is 0.132. The van der Waals surface area contributed by atoms with Gasteiger partial charge in [0.2, 0.25) is 5.91 Å². The fourth-order valence-electron chi connectivity index (χ4n) is 3.31. The zero-order valence-corrected chi connectivity index (χ0v) is 15.8. The van der Waals surface area contributed by atoms with Gasteiger partial charge >= 0.3 is 0 Å². The van der Waals surface area contributed by atoms with Crippen LogP contribution >= 0.6 is 11.8 Å². The molecule has 1 saturated heterocycles. The Labute approximate surface area is 163 Å². The highest BCUT2D eigenvalue weighted by atomic mass is 32.2. The average Bonchev–Trinajstić information content (AvgIpc) is 3.37. The van der Waals surface area contributed by atoms with E-state index in [1.807, 2.05) is 65.6 Å². The molecule has 1 atom stereocenters. The number of likely N-dealkylation sites (tertiary alicyclic amines) is 1. The molecular formula is C21H22N4OS. The molecule has 2 N–H and O–H groups in total. The zero-order chi connectivity index (χ0) is 18.6. The molecule has 1 aliphatic rings. The first-order valence-corrected chi connectivity index (χ1v) is 10.0. The number of hydrogen-bond donors (Lipinski definition) is 1. The lowest BCUT2D eigenvalue weighted by Crippen LogP contribution is -2.31. The van der Waals surface area contributed by atoms with E-state index >= 15 is 0 Å². The standard InChI is InChI=1S/C21H22N4OS/c22-25-15-18(16-9-3-1-4-10-16)23-21(25)27-19(17-11-5-2-6-12-17)20(26)24-13-7-8-14-24/h1-6,9-12,15,19H,7-8,13-14,22H2. The molecule has 5 nitrogen and oxygen atoms in total. The molecule has 0 saturated carbocycles. The van der Waals surface area contributed by atoms with Crippen LogP contribution < -0.4 is 5.84 Å². The molecule has 4 rings (SSSR count). The number of thioether (sulfide) groups is 1. The first-order valence-electron chi connectivity index (χ1n) is 9.12. The fourth-order valence-corrected chi connectivity index (χ4v) is 4.39. The van der Waals surface area contributed by atoms with Crippen molar-refractivity contribution in [2.45, 2.75) is 23.2 Å². The molecular weight excluding hydrogens is 356 g/mol. The third kappa shape index (κ3) is 3.85. The van der Waals surface area contributed by atoms with Gasteiger partial charge in [-0.25, -0.2) is 9.66 Å². The summed E-state index contributed by atoms with van der Waals surface area (Å²) in [5.74, 6) is 6.30. The quantitative estimate of drug-likeness (QED) is 0.543. The molecule has 1 unspecified atom stereocenters. The lowest BCUT2D eigenvalue weighted by atomic mass is 10.1. The lowest BCUT2D eigenvalue weighted by Gasteiger charge is -2.22. The van der Waals surface area contributed by atoms with Gasteiger partial charge in [-0.2, -0.15) is 0 Å². The number of carbonyl (C=O) groups is 1. The van der Waals surface area contributed by atoms with E-state index in [4.69, 9.17) is 5.84 Å². The van der Waals surface area contributed by atoms with Gasteiger partial charge in [0.25, 0.3) is 0 Å². The Balaban J connectivity index is 1.64. The number of carbonyl (C=O) groups excluding carboxylic acids is 1. The van der Waals surface area contributed by atoms with Crippen LogP contribution in [0.15, 0.2) is 72.0 Å². The predicted octanol–water partition coefficient (Wildman–Crippen LogP) is 3.72. The second-order valence-electron chi connectivity index (χ2n) is 6.62. The fraction of sp³-hybridized carbons (Fsp3) is 0.238. The maximum Gasteiger partial charge on any atom is 0.240 e. The summed E-state index contributed by atoms with van der Waals surface area (Å²) < 4.78 is 1.51. The molecule has 1 fully saturated rings. The number of aromatic nitrogens is 2. The van der Waals surface area contributed by atoms with Crippen LogP contribution in [-0.4, -0.2) is 33.6 Å². The molecule has 2 heterocycles. The Morgan fingerprint density at radius 1 is 1.00 bits per heavy atom. The summed E-state index contributed by atoms with van der Waals surface area (Å²) in [4.78, 5) is 19.8. The van der Waals surface area contributed by atoms with Crippen molar-refractivity contribution in [3.63, 3.8) is 0 Å². The van der Waals surface area contributed by atoms with Gasteiger partial charge in [-0.05, 0) is 18.4 Å². The van der Waals surface area contributed by atoms with Crippen molar-refractivity contribution in [2.75, 3.05) is 18.9 Å². The molecule has 3 aromatic rings. The number of nitrogens with two attached hydrogens (primary N) is 1. The number of amides is 1. The van der Waals surface area contributed by atoms with Gasteiger partial charge in [-0.3, -0.25) is 4.79 Å². The van der Waals surface area contributed by atoms with Gasteiger partial charge < -0.3 is 10.7 Å². The van der Waals surface area contributed by atoms with Gasteiger partial charge in [0.15, 0.2) is 5.16 Å². The Bertz CT molecular complexity index is 904. The maximum absolute atomic E-state index is 13.2. The number of nitrogens with zero attached hydrogens (tertiary/aromatic N) is 3. The van der Waals surface area contributed by atoms with Gasteiger partial charge in [0, 0.05) is 18.7 Å². The predicted molar refractivity (Wildman–Crippen MR) is 109 cm³/mol. The second-order valence-corrected chi connectivity index (χ2v) is 7.70. The molecule has 0 radical (unpaired) electrons. The van der Waals surface area contributed by atoms with Crippen molar-refractivity contribution < 1.29 is 4.79 Å². The van der Waals surface area contributed by atoms with E-state index in [9.17, 15) is 4.79 Å². The highest BCUT2D eigenvalue weighted by Crippen LogP contribution is 2.37. The largest absolute Gasteiger partial charge is 0.341 e. The van der Waals surface area contributed by atoms with E-state index in [0.717, 1.165) is 42.8 Å². The third-order valence-corrected chi connectivity index (χ3v) is 5.96. The number of imidazole rings is 1. The van der Waals surface area contributed by atoms with Crippen LogP contribution in [0.4, 0.5) is 0 Å². The van der Waals surface area contributed by atoms with Gasteiger partial charge in [-0.1, -0.05) is 72.4 Å². The smallest absolute Gasteiger partial charge is 0.240 e. The van der Waals surface area contributed by atoms with Gasteiger partial charge in [0.1, 0.15) is 5.25 Å².